The summed E-state index contributed by atoms with van der Waals surface area (Å²) in [6.45, 7) is -1.24. The average Bonchev–Trinajstić information content (AvgIpc) is 2.73. The molecule has 0 saturated heterocycles. The molecule has 0 fully saturated rings. The van der Waals surface area contributed by atoms with Crippen molar-refractivity contribution in [3.63, 3.8) is 0 Å². The molecule has 2 aromatic carbocycles. The average molecular weight is 386 g/mol. The molecule has 0 radical (unpaired) electrons. The number of aliphatic hydroxyl groups is 1. The summed E-state index contributed by atoms with van der Waals surface area (Å²) in [6, 6.07) is 12.8. The van der Waals surface area contributed by atoms with E-state index < -0.39 is 36.9 Å². The number of nitrogens with one attached hydrogen (secondary N) is 1. The number of carbonyl (C=O) groups excluding carboxylic acids is 3. The number of benzene rings is 2. The van der Waals surface area contributed by atoms with E-state index in [0.29, 0.717) is 12.0 Å². The maximum atomic E-state index is 12.7. The number of Topliss-reactive ketones (excluding diaryl/α,β-unsaturated/α-hetero) is 1. The van der Waals surface area contributed by atoms with Gasteiger partial charge in [0, 0.05) is 26.1 Å². The largest absolute Gasteiger partial charge is 0.388 e. The zero-order chi connectivity index (χ0) is 20.7. The van der Waals surface area contributed by atoms with Crippen molar-refractivity contribution in [3.8, 4) is 11.1 Å². The molecule has 0 spiro atoms. The highest BCUT2D eigenvalue weighted by Crippen LogP contribution is 2.21. The van der Waals surface area contributed by atoms with E-state index in [2.05, 4.69) is 5.32 Å². The summed E-state index contributed by atoms with van der Waals surface area (Å²) in [5.74, 6) is -1.94. The van der Waals surface area contributed by atoms with Gasteiger partial charge in [-0.15, -0.1) is 0 Å². The van der Waals surface area contributed by atoms with Gasteiger partial charge in [0.2, 0.25) is 5.91 Å². The number of nitrogens with zero attached hydrogens (tertiary/aromatic N) is 1. The Bertz CT molecular complexity index is 818. The van der Waals surface area contributed by atoms with Crippen LogP contribution in [0.2, 0.25) is 0 Å². The maximum Gasteiger partial charge on any atom is 0.254 e. The second kappa shape index (κ2) is 9.75. The summed E-state index contributed by atoms with van der Waals surface area (Å²) < 4.78 is 12.4. The van der Waals surface area contributed by atoms with Crippen LogP contribution < -0.4 is 5.32 Å². The predicted molar refractivity (Wildman–Crippen MR) is 104 cm³/mol. The number of hydrogen-bond acceptors (Lipinski definition) is 4. The number of alkyl halides is 1. The third-order valence-corrected chi connectivity index (χ3v) is 4.47. The van der Waals surface area contributed by atoms with Crippen LogP contribution in [-0.2, 0) is 16.0 Å². The van der Waals surface area contributed by atoms with Crippen LogP contribution in [0.15, 0.2) is 48.5 Å². The molecule has 0 aliphatic carbocycles. The lowest BCUT2D eigenvalue weighted by Crippen LogP contribution is -2.52. The van der Waals surface area contributed by atoms with Crippen molar-refractivity contribution in [1.29, 1.82) is 0 Å². The SMILES string of the molecule is CNC(=O)C(C(=O)CO)N(C)C(=O)c1ccc(-c2ccc(CCF)cc2)cc1. The number of aryl methyl sites for hydroxylation is 1. The first-order valence-electron chi connectivity index (χ1n) is 8.80. The lowest BCUT2D eigenvalue weighted by Gasteiger charge is -2.25. The molecule has 2 aromatic rings. The number of rotatable bonds is 8. The number of carbonyl (C=O) groups is 3. The Labute approximate surface area is 163 Å². The number of amides is 2. The third-order valence-electron chi connectivity index (χ3n) is 4.47. The highest BCUT2D eigenvalue weighted by atomic mass is 19.1. The fourth-order valence-electron chi connectivity index (χ4n) is 2.86. The first-order chi connectivity index (χ1) is 13.4. The number of halogens is 1. The molecule has 2 rings (SSSR count). The van der Waals surface area contributed by atoms with Crippen molar-refractivity contribution >= 4 is 17.6 Å². The standard InChI is InChI=1S/C21H23FN2O4/c1-23-20(27)19(18(26)13-25)24(2)21(28)17-9-7-16(8-10-17)15-5-3-14(4-6-15)11-12-22/h3-10,19,25H,11-13H2,1-2H3,(H,23,27). The Hall–Kier alpha value is -3.06. The second-order valence-electron chi connectivity index (χ2n) is 6.27. The van der Waals surface area contributed by atoms with E-state index in [4.69, 9.17) is 5.11 Å². The van der Waals surface area contributed by atoms with Crippen LogP contribution in [0.25, 0.3) is 11.1 Å². The van der Waals surface area contributed by atoms with Crippen LogP contribution >= 0.6 is 0 Å². The van der Waals surface area contributed by atoms with E-state index in [1.165, 1.54) is 14.1 Å². The molecule has 0 aromatic heterocycles. The van der Waals surface area contributed by atoms with Gasteiger partial charge >= 0.3 is 0 Å². The Kier molecular flexibility index (Phi) is 7.40. The van der Waals surface area contributed by atoms with Crippen LogP contribution in [0, 0.1) is 0 Å². The van der Waals surface area contributed by atoms with Crippen molar-refractivity contribution in [1.82, 2.24) is 10.2 Å². The van der Waals surface area contributed by atoms with Crippen molar-refractivity contribution in [3.05, 3.63) is 59.7 Å². The number of ketones is 1. The van der Waals surface area contributed by atoms with Gasteiger partial charge in [0.05, 0.1) is 6.67 Å². The molecule has 0 saturated carbocycles. The van der Waals surface area contributed by atoms with Crippen LogP contribution in [-0.4, -0.2) is 61.0 Å². The first kappa shape index (κ1) is 21.2. The van der Waals surface area contributed by atoms with Crippen molar-refractivity contribution in [2.24, 2.45) is 0 Å². The molecule has 1 unspecified atom stereocenters. The van der Waals surface area contributed by atoms with Crippen LogP contribution in [0.4, 0.5) is 4.39 Å². The smallest absolute Gasteiger partial charge is 0.254 e. The highest BCUT2D eigenvalue weighted by molar-refractivity contribution is 6.10. The normalized spacial score (nSPS) is 11.6. The Morgan fingerprint density at radius 3 is 2.04 bits per heavy atom. The molecule has 0 bridgehead atoms. The molecule has 1 atom stereocenters. The van der Waals surface area contributed by atoms with E-state index in [1.54, 1.807) is 24.3 Å². The van der Waals surface area contributed by atoms with Gasteiger partial charge in [0.15, 0.2) is 11.8 Å². The van der Waals surface area contributed by atoms with Crippen LogP contribution in [0.1, 0.15) is 15.9 Å². The minimum Gasteiger partial charge on any atom is -0.388 e. The van der Waals surface area contributed by atoms with Crippen molar-refractivity contribution in [2.45, 2.75) is 12.5 Å². The van der Waals surface area contributed by atoms with Gasteiger partial charge in [0.1, 0.15) is 6.61 Å². The van der Waals surface area contributed by atoms with Gasteiger partial charge in [-0.05, 0) is 28.8 Å². The highest BCUT2D eigenvalue weighted by Gasteiger charge is 2.32. The number of hydrogen-bond donors (Lipinski definition) is 2. The van der Waals surface area contributed by atoms with Crippen molar-refractivity contribution in [2.75, 3.05) is 27.4 Å². The number of likely N-dealkylation sites (N-methyl/N-ethyl adjacent to an activating group) is 2. The molecule has 2 amide bonds. The van der Waals surface area contributed by atoms with E-state index in [9.17, 15) is 18.8 Å². The summed E-state index contributed by atoms with van der Waals surface area (Å²) in [7, 11) is 2.69. The fourth-order valence-corrected chi connectivity index (χ4v) is 2.86. The predicted octanol–water partition coefficient (Wildman–Crippen LogP) is 1.61. The lowest BCUT2D eigenvalue weighted by molar-refractivity contribution is -0.135. The topological polar surface area (TPSA) is 86.7 Å². The quantitative estimate of drug-likeness (QED) is 0.675. The molecule has 0 heterocycles. The van der Waals surface area contributed by atoms with E-state index >= 15 is 0 Å². The van der Waals surface area contributed by atoms with Gasteiger partial charge in [-0.25, -0.2) is 0 Å². The summed E-state index contributed by atoms with van der Waals surface area (Å²) in [4.78, 5) is 37.5. The summed E-state index contributed by atoms with van der Waals surface area (Å²) >= 11 is 0. The Balaban J connectivity index is 2.20. The van der Waals surface area contributed by atoms with Crippen LogP contribution in [0.5, 0.6) is 0 Å². The lowest BCUT2D eigenvalue weighted by atomic mass is 10.0. The maximum absolute atomic E-state index is 12.7. The first-order valence-corrected chi connectivity index (χ1v) is 8.80. The molecule has 6 nitrogen and oxygen atoms in total. The molecule has 28 heavy (non-hydrogen) atoms. The van der Waals surface area contributed by atoms with Gasteiger partial charge in [-0.1, -0.05) is 36.4 Å². The molecular weight excluding hydrogens is 363 g/mol. The fraction of sp³-hybridized carbons (Fsp3) is 0.286. The molecule has 148 valence electrons. The molecule has 0 aliphatic rings. The second-order valence-corrected chi connectivity index (χ2v) is 6.27. The van der Waals surface area contributed by atoms with Gasteiger partial charge in [-0.2, -0.15) is 0 Å². The Morgan fingerprint density at radius 1 is 1.04 bits per heavy atom. The summed E-state index contributed by atoms with van der Waals surface area (Å²) in [5.41, 5.74) is 3.02. The minimum atomic E-state index is -1.40. The van der Waals surface area contributed by atoms with E-state index in [-0.39, 0.29) is 0 Å². The Morgan fingerprint density at radius 2 is 1.57 bits per heavy atom. The van der Waals surface area contributed by atoms with Gasteiger partial charge in [0.25, 0.3) is 5.91 Å². The summed E-state index contributed by atoms with van der Waals surface area (Å²) in [5, 5.41) is 11.4. The van der Waals surface area contributed by atoms with E-state index in [1.807, 2.05) is 24.3 Å². The zero-order valence-electron chi connectivity index (χ0n) is 15.8. The van der Waals surface area contributed by atoms with Crippen molar-refractivity contribution < 1.29 is 23.9 Å². The summed E-state index contributed by atoms with van der Waals surface area (Å²) in [6.07, 6.45) is 0.374. The van der Waals surface area contributed by atoms with Crippen LogP contribution in [0.3, 0.4) is 0 Å². The molecular formula is C21H23FN2O4. The number of aliphatic hydroxyl groups excluding tert-OH is 1. The molecule has 7 heteroatoms. The zero-order valence-corrected chi connectivity index (χ0v) is 15.8. The molecule has 2 N–H and O–H groups in total. The van der Waals surface area contributed by atoms with Gasteiger partial charge < -0.3 is 15.3 Å². The van der Waals surface area contributed by atoms with E-state index in [0.717, 1.165) is 21.6 Å². The van der Waals surface area contributed by atoms with Gasteiger partial charge in [-0.3, -0.25) is 18.8 Å². The third kappa shape index (κ3) is 4.80. The monoisotopic (exact) mass is 386 g/mol. The minimum absolute atomic E-state index is 0.306. The molecule has 0 aliphatic heterocycles.